The number of nitrogens with one attached hydrogen (secondary N) is 1. The van der Waals surface area contributed by atoms with Gasteiger partial charge in [-0.05, 0) is 53.8 Å². The van der Waals surface area contributed by atoms with Gasteiger partial charge < -0.3 is 15.0 Å². The summed E-state index contributed by atoms with van der Waals surface area (Å²) in [5, 5.41) is 13.1. The van der Waals surface area contributed by atoms with Crippen molar-refractivity contribution in [2.75, 3.05) is 11.9 Å². The SMILES string of the molecule is CCCCCNc1ccc2nc(CCCC)n(Cc3ccc(-c4ccccc4C(=O)O)cc3)c2c1. The van der Waals surface area contributed by atoms with Crippen LogP contribution in [0.15, 0.2) is 66.7 Å². The molecule has 0 amide bonds. The van der Waals surface area contributed by atoms with Gasteiger partial charge in [0.1, 0.15) is 5.82 Å². The lowest BCUT2D eigenvalue weighted by molar-refractivity contribution is 0.0697. The fourth-order valence-corrected chi connectivity index (χ4v) is 4.49. The number of hydrogen-bond donors (Lipinski definition) is 2. The zero-order valence-electron chi connectivity index (χ0n) is 20.8. The molecule has 0 saturated carbocycles. The Labute approximate surface area is 207 Å². The molecule has 0 radical (unpaired) electrons. The molecule has 0 spiro atoms. The minimum Gasteiger partial charge on any atom is -0.478 e. The Balaban J connectivity index is 1.62. The Hall–Kier alpha value is -3.60. The summed E-state index contributed by atoms with van der Waals surface area (Å²) in [7, 11) is 0. The third-order valence-corrected chi connectivity index (χ3v) is 6.45. The topological polar surface area (TPSA) is 67.2 Å². The highest BCUT2D eigenvalue weighted by Crippen LogP contribution is 2.26. The van der Waals surface area contributed by atoms with E-state index in [-0.39, 0.29) is 0 Å². The van der Waals surface area contributed by atoms with Crippen LogP contribution < -0.4 is 5.32 Å². The monoisotopic (exact) mass is 469 g/mol. The largest absolute Gasteiger partial charge is 0.478 e. The number of unbranched alkanes of at least 4 members (excludes halogenated alkanes) is 3. The number of carboxylic acid groups (broad SMARTS) is 1. The van der Waals surface area contributed by atoms with Gasteiger partial charge in [0.2, 0.25) is 0 Å². The molecule has 1 aromatic heterocycles. The summed E-state index contributed by atoms with van der Waals surface area (Å²) in [6.45, 7) is 6.14. The van der Waals surface area contributed by atoms with Gasteiger partial charge in [0.15, 0.2) is 0 Å². The number of aromatic nitrogens is 2. The molecule has 0 fully saturated rings. The molecular formula is C30H35N3O2. The Morgan fingerprint density at radius 2 is 1.71 bits per heavy atom. The maximum Gasteiger partial charge on any atom is 0.336 e. The molecule has 182 valence electrons. The van der Waals surface area contributed by atoms with Crippen molar-refractivity contribution in [3.63, 3.8) is 0 Å². The van der Waals surface area contributed by atoms with Crippen LogP contribution in [0.4, 0.5) is 5.69 Å². The van der Waals surface area contributed by atoms with Gasteiger partial charge in [-0.1, -0.05) is 75.6 Å². The van der Waals surface area contributed by atoms with Gasteiger partial charge in [0, 0.05) is 25.2 Å². The number of rotatable bonds is 12. The van der Waals surface area contributed by atoms with Gasteiger partial charge in [-0.2, -0.15) is 0 Å². The molecule has 0 unspecified atom stereocenters. The molecule has 1 heterocycles. The number of imidazole rings is 1. The summed E-state index contributed by atoms with van der Waals surface area (Å²) < 4.78 is 2.34. The highest BCUT2D eigenvalue weighted by atomic mass is 16.4. The maximum atomic E-state index is 11.6. The molecule has 4 aromatic rings. The zero-order chi connectivity index (χ0) is 24.6. The second kappa shape index (κ2) is 11.7. The van der Waals surface area contributed by atoms with E-state index in [0.29, 0.717) is 5.56 Å². The van der Waals surface area contributed by atoms with Crippen molar-refractivity contribution < 1.29 is 9.90 Å². The summed E-state index contributed by atoms with van der Waals surface area (Å²) >= 11 is 0. The van der Waals surface area contributed by atoms with Gasteiger partial charge in [-0.3, -0.25) is 0 Å². The van der Waals surface area contributed by atoms with E-state index in [1.165, 1.54) is 24.8 Å². The first kappa shape index (κ1) is 24.5. The van der Waals surface area contributed by atoms with Crippen LogP contribution in [0.5, 0.6) is 0 Å². The van der Waals surface area contributed by atoms with Crippen LogP contribution in [-0.4, -0.2) is 27.2 Å². The van der Waals surface area contributed by atoms with Crippen molar-refractivity contribution in [1.82, 2.24) is 9.55 Å². The van der Waals surface area contributed by atoms with E-state index in [4.69, 9.17) is 4.98 Å². The van der Waals surface area contributed by atoms with Crippen LogP contribution in [0.2, 0.25) is 0 Å². The van der Waals surface area contributed by atoms with E-state index in [0.717, 1.165) is 66.0 Å². The highest BCUT2D eigenvalue weighted by Gasteiger charge is 2.13. The van der Waals surface area contributed by atoms with E-state index in [2.05, 4.69) is 54.1 Å². The average molecular weight is 470 g/mol. The summed E-state index contributed by atoms with van der Waals surface area (Å²) in [5.74, 6) is 0.208. The minimum absolute atomic E-state index is 0.321. The molecule has 0 bridgehead atoms. The van der Waals surface area contributed by atoms with Crippen molar-refractivity contribution in [3.05, 3.63) is 83.7 Å². The number of aromatic carboxylic acids is 1. The van der Waals surface area contributed by atoms with Crippen LogP contribution >= 0.6 is 0 Å². The van der Waals surface area contributed by atoms with Crippen molar-refractivity contribution in [3.8, 4) is 11.1 Å². The number of carboxylic acids is 1. The molecule has 5 heteroatoms. The van der Waals surface area contributed by atoms with Crippen LogP contribution in [0.1, 0.15) is 67.7 Å². The number of benzene rings is 3. The average Bonchev–Trinajstić information content (AvgIpc) is 3.22. The molecule has 2 N–H and O–H groups in total. The lowest BCUT2D eigenvalue weighted by Gasteiger charge is -2.12. The number of anilines is 1. The van der Waals surface area contributed by atoms with Gasteiger partial charge in [0.05, 0.1) is 16.6 Å². The van der Waals surface area contributed by atoms with Crippen molar-refractivity contribution in [2.45, 2.75) is 58.9 Å². The lowest BCUT2D eigenvalue weighted by atomic mass is 9.99. The zero-order valence-corrected chi connectivity index (χ0v) is 20.8. The maximum absolute atomic E-state index is 11.6. The van der Waals surface area contributed by atoms with Crippen molar-refractivity contribution >= 4 is 22.7 Å². The summed E-state index contributed by atoms with van der Waals surface area (Å²) in [6.07, 6.45) is 6.82. The van der Waals surface area contributed by atoms with Gasteiger partial charge in [0.25, 0.3) is 0 Å². The summed E-state index contributed by atoms with van der Waals surface area (Å²) in [4.78, 5) is 16.6. The van der Waals surface area contributed by atoms with E-state index >= 15 is 0 Å². The normalized spacial score (nSPS) is 11.1. The Bertz CT molecular complexity index is 1270. The Morgan fingerprint density at radius 3 is 2.46 bits per heavy atom. The van der Waals surface area contributed by atoms with Crippen molar-refractivity contribution in [2.24, 2.45) is 0 Å². The number of aryl methyl sites for hydroxylation is 1. The van der Waals surface area contributed by atoms with Crippen LogP contribution in [0, 0.1) is 0 Å². The molecule has 0 atom stereocenters. The Morgan fingerprint density at radius 1 is 0.943 bits per heavy atom. The number of fused-ring (bicyclic) bond motifs is 1. The molecule has 4 rings (SSSR count). The first-order chi connectivity index (χ1) is 17.1. The fourth-order valence-electron chi connectivity index (χ4n) is 4.49. The molecule has 5 nitrogen and oxygen atoms in total. The summed E-state index contributed by atoms with van der Waals surface area (Å²) in [5.41, 5.74) is 6.45. The van der Waals surface area contributed by atoms with E-state index in [9.17, 15) is 9.90 Å². The first-order valence-electron chi connectivity index (χ1n) is 12.8. The molecule has 0 saturated heterocycles. The summed E-state index contributed by atoms with van der Waals surface area (Å²) in [6, 6.07) is 21.8. The standard InChI is InChI=1S/C30H35N3O2/c1-3-5-9-19-31-24-17-18-27-28(20-24)33(29(32-27)12-6-4-2)21-22-13-15-23(16-14-22)25-10-7-8-11-26(25)30(34)35/h7-8,10-11,13-18,20,31H,3-6,9,12,19,21H2,1-2H3,(H,34,35). The van der Waals surface area contributed by atoms with Crippen LogP contribution in [0.25, 0.3) is 22.2 Å². The molecule has 35 heavy (non-hydrogen) atoms. The van der Waals surface area contributed by atoms with Gasteiger partial charge in [-0.25, -0.2) is 9.78 Å². The lowest BCUT2D eigenvalue weighted by Crippen LogP contribution is -2.06. The van der Waals surface area contributed by atoms with Crippen LogP contribution in [0.3, 0.4) is 0 Å². The van der Waals surface area contributed by atoms with E-state index < -0.39 is 5.97 Å². The smallest absolute Gasteiger partial charge is 0.336 e. The van der Waals surface area contributed by atoms with Gasteiger partial charge in [-0.15, -0.1) is 0 Å². The fraction of sp³-hybridized carbons (Fsp3) is 0.333. The molecule has 0 aliphatic carbocycles. The third kappa shape index (κ3) is 5.91. The highest BCUT2D eigenvalue weighted by molar-refractivity contribution is 5.96. The van der Waals surface area contributed by atoms with Crippen molar-refractivity contribution in [1.29, 1.82) is 0 Å². The minimum atomic E-state index is -0.908. The van der Waals surface area contributed by atoms with E-state index in [1.807, 2.05) is 24.3 Å². The predicted octanol–water partition coefficient (Wildman–Crippen LogP) is 7.39. The Kier molecular flexibility index (Phi) is 8.19. The predicted molar refractivity (Wildman–Crippen MR) is 144 cm³/mol. The molecular weight excluding hydrogens is 434 g/mol. The second-order valence-electron chi connectivity index (χ2n) is 9.10. The molecule has 3 aromatic carbocycles. The van der Waals surface area contributed by atoms with E-state index in [1.54, 1.807) is 12.1 Å². The molecule has 0 aliphatic heterocycles. The van der Waals surface area contributed by atoms with Gasteiger partial charge >= 0.3 is 5.97 Å². The first-order valence-corrected chi connectivity index (χ1v) is 12.8. The number of hydrogen-bond acceptors (Lipinski definition) is 3. The molecule has 0 aliphatic rings. The second-order valence-corrected chi connectivity index (χ2v) is 9.10. The number of carbonyl (C=O) groups is 1. The third-order valence-electron chi connectivity index (χ3n) is 6.45. The number of nitrogens with zero attached hydrogens (tertiary/aromatic N) is 2. The quantitative estimate of drug-likeness (QED) is 0.212. The van der Waals surface area contributed by atoms with Crippen LogP contribution in [-0.2, 0) is 13.0 Å².